The first-order valence-electron chi connectivity index (χ1n) is 8.42. The summed E-state index contributed by atoms with van der Waals surface area (Å²) < 4.78 is 8.20. The highest BCUT2D eigenvalue weighted by Crippen LogP contribution is 2.18. The van der Waals surface area contributed by atoms with Gasteiger partial charge in [-0.3, -0.25) is 14.3 Å². The van der Waals surface area contributed by atoms with Crippen molar-refractivity contribution in [2.24, 2.45) is 14.1 Å². The van der Waals surface area contributed by atoms with Gasteiger partial charge in [0.25, 0.3) is 11.5 Å². The van der Waals surface area contributed by atoms with Crippen molar-refractivity contribution < 1.29 is 9.53 Å². The Balaban J connectivity index is 1.85. The van der Waals surface area contributed by atoms with Gasteiger partial charge in [-0.2, -0.15) is 10.2 Å². The molecule has 1 aromatic carbocycles. The Morgan fingerprint density at radius 2 is 2.00 bits per heavy atom. The van der Waals surface area contributed by atoms with E-state index in [9.17, 15) is 9.59 Å². The molecule has 8 nitrogen and oxygen atoms in total. The number of ether oxygens (including phenoxy) is 1. The van der Waals surface area contributed by atoms with Gasteiger partial charge in [0, 0.05) is 44.6 Å². The molecule has 27 heavy (non-hydrogen) atoms. The predicted octanol–water partition coefficient (Wildman–Crippen LogP) is 1.30. The van der Waals surface area contributed by atoms with Crippen molar-refractivity contribution >= 4 is 5.91 Å². The fourth-order valence-corrected chi connectivity index (χ4v) is 2.81. The van der Waals surface area contributed by atoms with E-state index in [-0.39, 0.29) is 17.5 Å². The molecule has 0 aliphatic rings. The quantitative estimate of drug-likeness (QED) is 0.709. The number of hydrogen-bond donors (Lipinski definition) is 1. The number of nitrogens with zero attached hydrogens (tertiary/aromatic N) is 4. The van der Waals surface area contributed by atoms with Crippen LogP contribution in [0.25, 0.3) is 11.3 Å². The number of amides is 1. The molecule has 2 aromatic heterocycles. The molecule has 140 valence electrons. The molecule has 0 fully saturated rings. The largest absolute Gasteiger partial charge is 0.382 e. The SMILES string of the molecule is COC[C@H](NC(=O)c1cccc(-c2ccc(=O)n(C)n2)c1)c1ccnn1C. The van der Waals surface area contributed by atoms with E-state index in [0.29, 0.717) is 17.9 Å². The van der Waals surface area contributed by atoms with E-state index in [4.69, 9.17) is 4.74 Å². The molecule has 3 aromatic rings. The van der Waals surface area contributed by atoms with Gasteiger partial charge in [0.05, 0.1) is 24.0 Å². The van der Waals surface area contributed by atoms with Gasteiger partial charge in [0.2, 0.25) is 0 Å². The van der Waals surface area contributed by atoms with Crippen molar-refractivity contribution in [1.29, 1.82) is 0 Å². The zero-order chi connectivity index (χ0) is 19.4. The van der Waals surface area contributed by atoms with Gasteiger partial charge in [-0.1, -0.05) is 12.1 Å². The molecule has 0 spiro atoms. The minimum atomic E-state index is -0.325. The third-order valence-electron chi connectivity index (χ3n) is 4.24. The summed E-state index contributed by atoms with van der Waals surface area (Å²) in [4.78, 5) is 24.3. The molecule has 0 aliphatic carbocycles. The third kappa shape index (κ3) is 4.12. The van der Waals surface area contributed by atoms with Crippen molar-refractivity contribution in [3.63, 3.8) is 0 Å². The molecule has 8 heteroatoms. The Labute approximate surface area is 156 Å². The maximum atomic E-state index is 12.8. The van der Waals surface area contributed by atoms with Crippen molar-refractivity contribution in [3.8, 4) is 11.3 Å². The summed E-state index contributed by atoms with van der Waals surface area (Å²) in [6.45, 7) is 0.327. The highest BCUT2D eigenvalue weighted by Gasteiger charge is 2.19. The molecular formula is C19H21N5O3. The molecule has 3 rings (SSSR count). The van der Waals surface area contributed by atoms with Crippen LogP contribution in [-0.2, 0) is 18.8 Å². The van der Waals surface area contributed by atoms with Gasteiger partial charge in [-0.15, -0.1) is 0 Å². The minimum absolute atomic E-state index is 0.189. The van der Waals surface area contributed by atoms with Crippen LogP contribution in [-0.4, -0.2) is 39.2 Å². The molecule has 0 saturated carbocycles. The lowest BCUT2D eigenvalue weighted by Gasteiger charge is -2.18. The molecule has 0 saturated heterocycles. The van der Waals surface area contributed by atoms with Crippen LogP contribution in [0.15, 0.2) is 53.5 Å². The van der Waals surface area contributed by atoms with Crippen LogP contribution in [0.2, 0.25) is 0 Å². The maximum absolute atomic E-state index is 12.8. The van der Waals surface area contributed by atoms with Crippen LogP contribution in [0.3, 0.4) is 0 Å². The van der Waals surface area contributed by atoms with Crippen LogP contribution >= 0.6 is 0 Å². The molecule has 1 atom stereocenters. The first-order valence-corrected chi connectivity index (χ1v) is 8.42. The summed E-state index contributed by atoms with van der Waals surface area (Å²) in [6, 6.07) is 11.7. The summed E-state index contributed by atoms with van der Waals surface area (Å²) in [5.41, 5.74) is 2.52. The van der Waals surface area contributed by atoms with E-state index >= 15 is 0 Å². The van der Waals surface area contributed by atoms with E-state index in [1.165, 1.54) is 10.7 Å². The van der Waals surface area contributed by atoms with Crippen molar-refractivity contribution in [1.82, 2.24) is 24.9 Å². The van der Waals surface area contributed by atoms with Gasteiger partial charge < -0.3 is 10.1 Å². The molecule has 2 heterocycles. The lowest BCUT2D eigenvalue weighted by atomic mass is 10.1. The summed E-state index contributed by atoms with van der Waals surface area (Å²) in [5, 5.41) is 11.3. The number of carbonyl (C=O) groups excluding carboxylic acids is 1. The number of hydrogen-bond acceptors (Lipinski definition) is 5. The number of aryl methyl sites for hydroxylation is 2. The van der Waals surface area contributed by atoms with Gasteiger partial charge in [-0.25, -0.2) is 4.68 Å². The first-order chi connectivity index (χ1) is 13.0. The van der Waals surface area contributed by atoms with E-state index in [2.05, 4.69) is 15.5 Å². The number of methoxy groups -OCH3 is 1. The fourth-order valence-electron chi connectivity index (χ4n) is 2.81. The monoisotopic (exact) mass is 367 g/mol. The molecule has 0 radical (unpaired) electrons. The van der Waals surface area contributed by atoms with Crippen molar-refractivity contribution in [2.45, 2.75) is 6.04 Å². The van der Waals surface area contributed by atoms with Crippen LogP contribution in [0, 0.1) is 0 Å². The lowest BCUT2D eigenvalue weighted by Crippen LogP contribution is -2.32. The number of carbonyl (C=O) groups is 1. The zero-order valence-corrected chi connectivity index (χ0v) is 15.4. The topological polar surface area (TPSA) is 91.0 Å². The Hall–Kier alpha value is -3.26. The van der Waals surface area contributed by atoms with Crippen LogP contribution in [0.5, 0.6) is 0 Å². The minimum Gasteiger partial charge on any atom is -0.382 e. The molecule has 1 amide bonds. The van der Waals surface area contributed by atoms with Gasteiger partial charge >= 0.3 is 0 Å². The third-order valence-corrected chi connectivity index (χ3v) is 4.24. The van der Waals surface area contributed by atoms with Gasteiger partial charge in [0.15, 0.2) is 0 Å². The van der Waals surface area contributed by atoms with Crippen LogP contribution in [0.1, 0.15) is 22.1 Å². The summed E-state index contributed by atoms with van der Waals surface area (Å²) >= 11 is 0. The molecule has 0 unspecified atom stereocenters. The molecule has 1 N–H and O–H groups in total. The zero-order valence-electron chi connectivity index (χ0n) is 15.4. The molecule has 0 bridgehead atoms. The van der Waals surface area contributed by atoms with Gasteiger partial charge in [0.1, 0.15) is 0 Å². The standard InChI is InChI=1S/C19H21N5O3/c1-23-17(9-10-20-23)16(12-27-3)21-19(26)14-6-4-5-13(11-14)15-7-8-18(25)24(2)22-15/h4-11,16H,12H2,1-3H3,(H,21,26)/t16-/m0/s1. The Bertz CT molecular complexity index is 1010. The maximum Gasteiger partial charge on any atom is 0.266 e. The first kappa shape index (κ1) is 18.5. The highest BCUT2D eigenvalue weighted by atomic mass is 16.5. The van der Waals surface area contributed by atoms with E-state index in [1.807, 2.05) is 19.2 Å². The Morgan fingerprint density at radius 3 is 2.67 bits per heavy atom. The average Bonchev–Trinajstić information content (AvgIpc) is 3.09. The van der Waals surface area contributed by atoms with Crippen LogP contribution in [0.4, 0.5) is 0 Å². The van der Waals surface area contributed by atoms with E-state index < -0.39 is 0 Å². The van der Waals surface area contributed by atoms with E-state index in [0.717, 1.165) is 11.3 Å². The van der Waals surface area contributed by atoms with Gasteiger partial charge in [-0.05, 0) is 24.3 Å². The molecule has 0 aliphatic heterocycles. The van der Waals surface area contributed by atoms with E-state index in [1.54, 1.807) is 49.3 Å². The highest BCUT2D eigenvalue weighted by molar-refractivity contribution is 5.95. The number of rotatable bonds is 6. The number of aromatic nitrogens is 4. The summed E-state index contributed by atoms with van der Waals surface area (Å²) in [5.74, 6) is -0.232. The lowest BCUT2D eigenvalue weighted by molar-refractivity contribution is 0.0892. The van der Waals surface area contributed by atoms with Crippen LogP contribution < -0.4 is 10.9 Å². The summed E-state index contributed by atoms with van der Waals surface area (Å²) in [6.07, 6.45) is 1.68. The predicted molar refractivity (Wildman–Crippen MR) is 100 cm³/mol. The smallest absolute Gasteiger partial charge is 0.266 e. The number of nitrogens with one attached hydrogen (secondary N) is 1. The Kier molecular flexibility index (Phi) is 5.46. The fraction of sp³-hybridized carbons (Fsp3) is 0.263. The van der Waals surface area contributed by atoms with Crippen molar-refractivity contribution in [2.75, 3.05) is 13.7 Å². The normalized spacial score (nSPS) is 12.0. The average molecular weight is 367 g/mol. The second-order valence-corrected chi connectivity index (χ2v) is 6.12. The summed E-state index contributed by atoms with van der Waals surface area (Å²) in [7, 11) is 4.99. The second-order valence-electron chi connectivity index (χ2n) is 6.12. The Morgan fingerprint density at radius 1 is 1.19 bits per heavy atom. The molecular weight excluding hydrogens is 346 g/mol. The number of benzene rings is 1. The second kappa shape index (κ2) is 7.96. The van der Waals surface area contributed by atoms with Crippen molar-refractivity contribution in [3.05, 3.63) is 70.3 Å².